The lowest BCUT2D eigenvalue weighted by Gasteiger charge is -2.45. The molecule has 10 heteroatoms. The number of hydrogen-bond acceptors (Lipinski definition) is 7. The van der Waals surface area contributed by atoms with Crippen LogP contribution in [0.3, 0.4) is 0 Å². The average molecular weight is 383 g/mol. The Bertz CT molecular complexity index is 813. The lowest BCUT2D eigenvalue weighted by atomic mass is 9.87. The Balaban J connectivity index is 2.14. The number of methoxy groups -OCH3 is 1. The van der Waals surface area contributed by atoms with E-state index in [0.29, 0.717) is 12.8 Å². The molecule has 2 aliphatic rings. The average Bonchev–Trinajstić information content (AvgIpc) is 2.60. The van der Waals surface area contributed by atoms with Crippen molar-refractivity contribution in [3.8, 4) is 0 Å². The quantitative estimate of drug-likeness (QED) is 0.764. The SMILES string of the molecule is COC(=O)c1ccc(N2C(N)=NC(N)=NC23CCCCC3)cc1C(F)(F)F. The van der Waals surface area contributed by atoms with Crippen LogP contribution in [0.2, 0.25) is 0 Å². The monoisotopic (exact) mass is 383 g/mol. The molecule has 0 atom stereocenters. The summed E-state index contributed by atoms with van der Waals surface area (Å²) in [5.41, 5.74) is 9.40. The van der Waals surface area contributed by atoms with Crippen molar-refractivity contribution in [1.29, 1.82) is 0 Å². The molecule has 1 aliphatic heterocycles. The highest BCUT2D eigenvalue weighted by molar-refractivity contribution is 6.06. The number of carbonyl (C=O) groups is 1. The highest BCUT2D eigenvalue weighted by Gasteiger charge is 2.44. The predicted molar refractivity (Wildman–Crippen MR) is 94.3 cm³/mol. The van der Waals surface area contributed by atoms with Crippen LogP contribution in [0.15, 0.2) is 28.2 Å². The van der Waals surface area contributed by atoms with Gasteiger partial charge in [0, 0.05) is 5.69 Å². The summed E-state index contributed by atoms with van der Waals surface area (Å²) in [7, 11) is 1.03. The Morgan fingerprint density at radius 3 is 2.48 bits per heavy atom. The number of nitrogens with zero attached hydrogens (tertiary/aromatic N) is 3. The third kappa shape index (κ3) is 3.43. The minimum Gasteiger partial charge on any atom is -0.465 e. The van der Waals surface area contributed by atoms with Crippen LogP contribution in [-0.4, -0.2) is 30.7 Å². The van der Waals surface area contributed by atoms with Gasteiger partial charge in [0.2, 0.25) is 11.9 Å². The lowest BCUT2D eigenvalue weighted by molar-refractivity contribution is -0.138. The van der Waals surface area contributed by atoms with Crippen LogP contribution < -0.4 is 16.4 Å². The fourth-order valence-electron chi connectivity index (χ4n) is 3.69. The molecule has 0 amide bonds. The van der Waals surface area contributed by atoms with Gasteiger partial charge in [-0.2, -0.15) is 18.2 Å². The molecular formula is C17H20F3N5O2. The zero-order chi connectivity index (χ0) is 19.8. The van der Waals surface area contributed by atoms with Crippen molar-refractivity contribution in [3.05, 3.63) is 29.3 Å². The van der Waals surface area contributed by atoms with E-state index in [-0.39, 0.29) is 17.6 Å². The number of ether oxygens (including phenoxy) is 1. The molecule has 27 heavy (non-hydrogen) atoms. The van der Waals surface area contributed by atoms with Gasteiger partial charge in [0.25, 0.3) is 0 Å². The van der Waals surface area contributed by atoms with Gasteiger partial charge in [0.05, 0.1) is 18.2 Å². The molecule has 1 spiro atoms. The normalized spacial score (nSPS) is 19.5. The first kappa shape index (κ1) is 19.0. The molecule has 1 aromatic carbocycles. The number of carbonyl (C=O) groups excluding carboxylic acids is 1. The second-order valence-corrected chi connectivity index (χ2v) is 6.54. The van der Waals surface area contributed by atoms with E-state index in [1.807, 2.05) is 0 Å². The smallest absolute Gasteiger partial charge is 0.417 e. The Labute approximate surface area is 153 Å². The van der Waals surface area contributed by atoms with Crippen LogP contribution >= 0.6 is 0 Å². The van der Waals surface area contributed by atoms with Crippen LogP contribution in [0.1, 0.15) is 48.0 Å². The Kier molecular flexibility index (Phi) is 4.75. The van der Waals surface area contributed by atoms with E-state index < -0.39 is 28.9 Å². The molecule has 0 saturated heterocycles. The van der Waals surface area contributed by atoms with E-state index >= 15 is 0 Å². The highest BCUT2D eigenvalue weighted by atomic mass is 19.4. The number of rotatable bonds is 2. The molecule has 1 aliphatic carbocycles. The van der Waals surface area contributed by atoms with Gasteiger partial charge in [-0.25, -0.2) is 9.79 Å². The Morgan fingerprint density at radius 1 is 1.22 bits per heavy atom. The fraction of sp³-hybridized carbons (Fsp3) is 0.471. The second kappa shape index (κ2) is 6.75. The van der Waals surface area contributed by atoms with E-state index in [4.69, 9.17) is 11.5 Å². The highest BCUT2D eigenvalue weighted by Crippen LogP contribution is 2.42. The first-order valence-corrected chi connectivity index (χ1v) is 8.47. The molecule has 1 fully saturated rings. The maximum atomic E-state index is 13.5. The summed E-state index contributed by atoms with van der Waals surface area (Å²) in [6.07, 6.45) is -0.895. The van der Waals surface area contributed by atoms with Crippen LogP contribution in [0.25, 0.3) is 0 Å². The topological polar surface area (TPSA) is 106 Å². The molecule has 0 unspecified atom stereocenters. The number of alkyl halides is 3. The van der Waals surface area contributed by atoms with Gasteiger partial charge >= 0.3 is 12.1 Å². The summed E-state index contributed by atoms with van der Waals surface area (Å²) in [6.45, 7) is 0. The van der Waals surface area contributed by atoms with Crippen molar-refractivity contribution in [3.63, 3.8) is 0 Å². The summed E-state index contributed by atoms with van der Waals surface area (Å²) in [4.78, 5) is 21.6. The molecule has 4 N–H and O–H groups in total. The van der Waals surface area contributed by atoms with Crippen LogP contribution in [0.5, 0.6) is 0 Å². The molecule has 1 aromatic rings. The van der Waals surface area contributed by atoms with Crippen molar-refractivity contribution in [1.82, 2.24) is 0 Å². The van der Waals surface area contributed by atoms with Crippen molar-refractivity contribution >= 4 is 23.6 Å². The summed E-state index contributed by atoms with van der Waals surface area (Å²) in [5.74, 6) is -1.08. The molecule has 1 heterocycles. The number of halogens is 3. The van der Waals surface area contributed by atoms with Crippen molar-refractivity contribution in [2.24, 2.45) is 21.5 Å². The fourth-order valence-corrected chi connectivity index (χ4v) is 3.69. The van der Waals surface area contributed by atoms with Gasteiger partial charge in [0.15, 0.2) is 0 Å². The third-order valence-electron chi connectivity index (χ3n) is 4.82. The van der Waals surface area contributed by atoms with Gasteiger partial charge < -0.3 is 16.2 Å². The third-order valence-corrected chi connectivity index (χ3v) is 4.82. The number of anilines is 1. The molecule has 146 valence electrons. The van der Waals surface area contributed by atoms with Gasteiger partial charge in [-0.3, -0.25) is 4.90 Å². The van der Waals surface area contributed by atoms with Crippen molar-refractivity contribution < 1.29 is 22.7 Å². The molecular weight excluding hydrogens is 363 g/mol. The van der Waals surface area contributed by atoms with Crippen molar-refractivity contribution in [2.75, 3.05) is 12.0 Å². The second-order valence-electron chi connectivity index (χ2n) is 6.54. The van der Waals surface area contributed by atoms with Crippen LogP contribution in [0.4, 0.5) is 18.9 Å². The largest absolute Gasteiger partial charge is 0.465 e. The lowest BCUT2D eigenvalue weighted by Crippen LogP contribution is -2.58. The molecule has 7 nitrogen and oxygen atoms in total. The van der Waals surface area contributed by atoms with E-state index in [9.17, 15) is 18.0 Å². The van der Waals surface area contributed by atoms with Crippen LogP contribution in [0, 0.1) is 0 Å². The first-order valence-electron chi connectivity index (χ1n) is 8.47. The minimum absolute atomic E-state index is 0.00729. The Morgan fingerprint density at radius 2 is 1.89 bits per heavy atom. The molecule has 0 bridgehead atoms. The number of hydrogen-bond donors (Lipinski definition) is 2. The molecule has 0 aromatic heterocycles. The maximum Gasteiger partial charge on any atom is 0.417 e. The van der Waals surface area contributed by atoms with Gasteiger partial charge in [-0.15, -0.1) is 0 Å². The maximum absolute atomic E-state index is 13.5. The summed E-state index contributed by atoms with van der Waals surface area (Å²) < 4.78 is 45.1. The zero-order valence-corrected chi connectivity index (χ0v) is 14.7. The van der Waals surface area contributed by atoms with Crippen molar-refractivity contribution in [2.45, 2.75) is 43.9 Å². The Hall–Kier alpha value is -2.78. The summed E-state index contributed by atoms with van der Waals surface area (Å²) >= 11 is 0. The molecule has 1 saturated carbocycles. The van der Waals surface area contributed by atoms with Gasteiger partial charge in [-0.05, 0) is 43.9 Å². The number of benzene rings is 1. The number of aliphatic imine (C=N–C) groups is 2. The minimum atomic E-state index is -4.75. The zero-order valence-electron chi connectivity index (χ0n) is 14.7. The standard InChI is InChI=1S/C17H20F3N5O2/c1-27-13(26)11-6-5-10(9-12(11)17(18,19)20)25-15(22)23-14(21)24-16(25)7-3-2-4-8-16/h5-6,9H,2-4,7-8H2,1H3,(H4,21,22,23,24). The molecule has 0 radical (unpaired) electrons. The summed E-state index contributed by atoms with van der Waals surface area (Å²) in [6, 6.07) is 3.34. The van der Waals surface area contributed by atoms with Crippen LogP contribution in [-0.2, 0) is 10.9 Å². The first-order chi connectivity index (χ1) is 12.7. The number of esters is 1. The molecule has 3 rings (SSSR count). The van der Waals surface area contributed by atoms with E-state index in [2.05, 4.69) is 14.7 Å². The number of nitrogens with two attached hydrogens (primary N) is 2. The van der Waals surface area contributed by atoms with E-state index in [0.717, 1.165) is 38.5 Å². The summed E-state index contributed by atoms with van der Waals surface area (Å²) in [5, 5.41) is 0. The predicted octanol–water partition coefficient (Wildman–Crippen LogP) is 2.60. The number of guanidine groups is 2. The van der Waals surface area contributed by atoms with Gasteiger partial charge in [-0.1, -0.05) is 6.42 Å². The van der Waals surface area contributed by atoms with Gasteiger partial charge in [0.1, 0.15) is 5.66 Å². The van der Waals surface area contributed by atoms with E-state index in [1.165, 1.54) is 11.0 Å². The van der Waals surface area contributed by atoms with E-state index in [1.54, 1.807) is 0 Å².